The van der Waals surface area contributed by atoms with Crippen molar-refractivity contribution in [2.24, 2.45) is 0 Å². The van der Waals surface area contributed by atoms with Crippen LogP contribution in [0.2, 0.25) is 0 Å². The molecular formula is C13H19N3O3. The van der Waals surface area contributed by atoms with Gasteiger partial charge in [-0.05, 0) is 19.1 Å². The number of ether oxygens (including phenoxy) is 1. The van der Waals surface area contributed by atoms with Gasteiger partial charge in [0.1, 0.15) is 0 Å². The van der Waals surface area contributed by atoms with Crippen LogP contribution in [0.4, 0.5) is 5.69 Å². The van der Waals surface area contributed by atoms with Crippen molar-refractivity contribution in [2.45, 2.75) is 25.5 Å². The molecule has 2 unspecified atom stereocenters. The van der Waals surface area contributed by atoms with Gasteiger partial charge in [0.05, 0.1) is 43.7 Å². The number of aliphatic hydroxyl groups is 1. The molecule has 0 bridgehead atoms. The highest BCUT2D eigenvalue weighted by molar-refractivity contribution is 5.78. The smallest absolute Gasteiger partial charge is 0.228 e. The number of rotatable bonds is 3. The predicted molar refractivity (Wildman–Crippen MR) is 70.4 cm³/mol. The van der Waals surface area contributed by atoms with Gasteiger partial charge < -0.3 is 20.5 Å². The third kappa shape index (κ3) is 3.42. The van der Waals surface area contributed by atoms with E-state index < -0.39 is 0 Å². The normalized spacial score (nSPS) is 23.4. The molecule has 0 aromatic carbocycles. The van der Waals surface area contributed by atoms with E-state index in [1.807, 2.05) is 6.92 Å². The van der Waals surface area contributed by atoms with Crippen LogP contribution in [0.5, 0.6) is 0 Å². The van der Waals surface area contributed by atoms with Gasteiger partial charge in [-0.3, -0.25) is 9.78 Å². The highest BCUT2D eigenvalue weighted by Gasteiger charge is 2.29. The number of hydrogen-bond donors (Lipinski definition) is 2. The largest absolute Gasteiger partial charge is 0.397 e. The molecule has 3 N–H and O–H groups in total. The van der Waals surface area contributed by atoms with Gasteiger partial charge in [0.25, 0.3) is 0 Å². The van der Waals surface area contributed by atoms with Crippen LogP contribution in [0.1, 0.15) is 12.6 Å². The van der Waals surface area contributed by atoms with E-state index in [-0.39, 0.29) is 31.1 Å². The van der Waals surface area contributed by atoms with Crippen LogP contribution in [-0.4, -0.2) is 52.8 Å². The maximum atomic E-state index is 12.2. The minimum Gasteiger partial charge on any atom is -0.397 e. The summed E-state index contributed by atoms with van der Waals surface area (Å²) in [5, 5.41) is 9.11. The Balaban J connectivity index is 2.00. The Hall–Kier alpha value is -1.66. The molecule has 1 amide bonds. The Morgan fingerprint density at radius 2 is 2.42 bits per heavy atom. The standard InChI is InChI=1S/C13H19N3O3/c1-9-8-19-12(7-17)6-16(9)13(18)4-11-3-2-10(14)5-15-11/h2-3,5,9,12,17H,4,6-8,14H2,1H3. The maximum absolute atomic E-state index is 12.2. The molecule has 2 atom stereocenters. The SMILES string of the molecule is CC1COC(CO)CN1C(=O)Cc1ccc(N)cn1. The number of carbonyl (C=O) groups is 1. The molecule has 2 rings (SSSR count). The van der Waals surface area contributed by atoms with E-state index in [4.69, 9.17) is 15.6 Å². The summed E-state index contributed by atoms with van der Waals surface area (Å²) >= 11 is 0. The number of aliphatic hydroxyl groups excluding tert-OH is 1. The lowest BCUT2D eigenvalue weighted by atomic mass is 10.1. The number of pyridine rings is 1. The van der Waals surface area contributed by atoms with Crippen molar-refractivity contribution in [3.63, 3.8) is 0 Å². The summed E-state index contributed by atoms with van der Waals surface area (Å²) in [6.45, 7) is 2.73. The molecule has 104 valence electrons. The van der Waals surface area contributed by atoms with Crippen LogP contribution in [0.15, 0.2) is 18.3 Å². The van der Waals surface area contributed by atoms with Gasteiger partial charge in [-0.15, -0.1) is 0 Å². The summed E-state index contributed by atoms with van der Waals surface area (Å²) in [7, 11) is 0. The third-order valence-electron chi connectivity index (χ3n) is 3.21. The van der Waals surface area contributed by atoms with Crippen molar-refractivity contribution >= 4 is 11.6 Å². The van der Waals surface area contributed by atoms with Crippen LogP contribution in [-0.2, 0) is 16.0 Å². The van der Waals surface area contributed by atoms with Gasteiger partial charge in [0.2, 0.25) is 5.91 Å². The van der Waals surface area contributed by atoms with Gasteiger partial charge >= 0.3 is 0 Å². The number of amides is 1. The van der Waals surface area contributed by atoms with Crippen LogP contribution in [0.25, 0.3) is 0 Å². The second-order valence-corrected chi connectivity index (χ2v) is 4.79. The molecule has 0 spiro atoms. The van der Waals surface area contributed by atoms with Crippen LogP contribution in [0, 0.1) is 0 Å². The monoisotopic (exact) mass is 265 g/mol. The molecule has 0 saturated carbocycles. The summed E-state index contributed by atoms with van der Waals surface area (Å²) < 4.78 is 5.41. The van der Waals surface area contributed by atoms with E-state index in [0.717, 1.165) is 0 Å². The van der Waals surface area contributed by atoms with Crippen LogP contribution >= 0.6 is 0 Å². The first-order chi connectivity index (χ1) is 9.10. The lowest BCUT2D eigenvalue weighted by Gasteiger charge is -2.37. The van der Waals surface area contributed by atoms with Crippen molar-refractivity contribution in [3.05, 3.63) is 24.0 Å². The van der Waals surface area contributed by atoms with Crippen molar-refractivity contribution in [1.29, 1.82) is 0 Å². The molecule has 0 radical (unpaired) electrons. The van der Waals surface area contributed by atoms with E-state index in [1.54, 1.807) is 23.2 Å². The van der Waals surface area contributed by atoms with Crippen molar-refractivity contribution in [3.8, 4) is 0 Å². The minimum absolute atomic E-state index is 0.00785. The highest BCUT2D eigenvalue weighted by atomic mass is 16.5. The lowest BCUT2D eigenvalue weighted by molar-refractivity contribution is -0.145. The topological polar surface area (TPSA) is 88.7 Å². The Morgan fingerprint density at radius 3 is 3.05 bits per heavy atom. The summed E-state index contributed by atoms with van der Waals surface area (Å²) in [5.74, 6) is -0.00785. The number of nitrogen functional groups attached to an aromatic ring is 1. The van der Waals surface area contributed by atoms with E-state index >= 15 is 0 Å². The number of nitrogens with two attached hydrogens (primary N) is 1. The molecule has 6 nitrogen and oxygen atoms in total. The predicted octanol–water partition coefficient (Wildman–Crippen LogP) is -0.186. The Bertz CT molecular complexity index is 435. The molecule has 1 saturated heterocycles. The summed E-state index contributed by atoms with van der Waals surface area (Å²) in [4.78, 5) is 18.1. The van der Waals surface area contributed by atoms with Gasteiger partial charge in [0, 0.05) is 12.2 Å². The molecule has 1 aromatic heterocycles. The average molecular weight is 265 g/mol. The lowest BCUT2D eigenvalue weighted by Crippen LogP contribution is -2.52. The molecule has 1 aliphatic rings. The summed E-state index contributed by atoms with van der Waals surface area (Å²) in [5.41, 5.74) is 6.83. The van der Waals surface area contributed by atoms with E-state index in [1.165, 1.54) is 0 Å². The zero-order chi connectivity index (χ0) is 13.8. The molecular weight excluding hydrogens is 246 g/mol. The molecule has 6 heteroatoms. The van der Waals surface area contributed by atoms with E-state index in [0.29, 0.717) is 24.5 Å². The Labute approximate surface area is 112 Å². The first-order valence-corrected chi connectivity index (χ1v) is 6.32. The second kappa shape index (κ2) is 5.99. The number of aromatic nitrogens is 1. The molecule has 1 fully saturated rings. The molecule has 2 heterocycles. The highest BCUT2D eigenvalue weighted by Crippen LogP contribution is 2.13. The van der Waals surface area contributed by atoms with E-state index in [9.17, 15) is 4.79 Å². The molecule has 1 aliphatic heterocycles. The fraction of sp³-hybridized carbons (Fsp3) is 0.538. The number of hydrogen-bond acceptors (Lipinski definition) is 5. The Morgan fingerprint density at radius 1 is 1.63 bits per heavy atom. The fourth-order valence-corrected chi connectivity index (χ4v) is 2.07. The number of nitrogens with zero attached hydrogens (tertiary/aromatic N) is 2. The van der Waals surface area contributed by atoms with Gasteiger partial charge in [-0.25, -0.2) is 0 Å². The first kappa shape index (κ1) is 13.8. The van der Waals surface area contributed by atoms with Gasteiger partial charge in [-0.1, -0.05) is 0 Å². The zero-order valence-corrected chi connectivity index (χ0v) is 11.0. The number of anilines is 1. The number of morpholine rings is 1. The average Bonchev–Trinajstić information content (AvgIpc) is 2.42. The minimum atomic E-state index is -0.292. The van der Waals surface area contributed by atoms with Crippen molar-refractivity contribution in [2.75, 3.05) is 25.5 Å². The van der Waals surface area contributed by atoms with Crippen molar-refractivity contribution in [1.82, 2.24) is 9.88 Å². The molecule has 19 heavy (non-hydrogen) atoms. The van der Waals surface area contributed by atoms with E-state index in [2.05, 4.69) is 4.98 Å². The van der Waals surface area contributed by atoms with Crippen LogP contribution in [0.3, 0.4) is 0 Å². The van der Waals surface area contributed by atoms with Crippen LogP contribution < -0.4 is 5.73 Å². The van der Waals surface area contributed by atoms with Crippen molar-refractivity contribution < 1.29 is 14.6 Å². The Kier molecular flexibility index (Phi) is 4.34. The fourth-order valence-electron chi connectivity index (χ4n) is 2.07. The first-order valence-electron chi connectivity index (χ1n) is 6.32. The zero-order valence-electron chi connectivity index (χ0n) is 11.0. The molecule has 1 aromatic rings. The second-order valence-electron chi connectivity index (χ2n) is 4.79. The van der Waals surface area contributed by atoms with Gasteiger partial charge in [-0.2, -0.15) is 0 Å². The maximum Gasteiger partial charge on any atom is 0.228 e. The third-order valence-corrected chi connectivity index (χ3v) is 3.21. The number of carbonyl (C=O) groups excluding carboxylic acids is 1. The quantitative estimate of drug-likeness (QED) is 0.791. The summed E-state index contributed by atoms with van der Waals surface area (Å²) in [6, 6.07) is 3.50. The van der Waals surface area contributed by atoms with Gasteiger partial charge in [0.15, 0.2) is 0 Å². The summed E-state index contributed by atoms with van der Waals surface area (Å²) in [6.07, 6.45) is 1.49. The molecule has 0 aliphatic carbocycles.